The van der Waals surface area contributed by atoms with Crippen LogP contribution >= 0.6 is 0 Å². The molecule has 0 unspecified atom stereocenters. The first-order valence-corrected chi connectivity index (χ1v) is 10.7. The van der Waals surface area contributed by atoms with Gasteiger partial charge in [-0.3, -0.25) is 14.6 Å². The van der Waals surface area contributed by atoms with E-state index in [1.165, 1.54) is 23.7 Å². The molecule has 2 aromatic rings. The molecule has 1 amide bonds. The number of piperidine rings is 1. The summed E-state index contributed by atoms with van der Waals surface area (Å²) in [4.78, 5) is 13.3. The number of nitrogens with one attached hydrogen (secondary N) is 1. The van der Waals surface area contributed by atoms with Crippen LogP contribution in [-0.2, 0) is 15.1 Å². The van der Waals surface area contributed by atoms with Gasteiger partial charge >= 0.3 is 10.3 Å². The molecule has 0 bridgehead atoms. The molecule has 0 radical (unpaired) electrons. The predicted octanol–water partition coefficient (Wildman–Crippen LogP) is 2.62. The molecular formula is C20H22FN3O5S. The molecule has 0 saturated carbocycles. The molecule has 3 N–H and O–H groups in total. The number of benzene rings is 2. The van der Waals surface area contributed by atoms with E-state index in [-0.39, 0.29) is 5.69 Å². The number of carbonyl (C=O) groups excluding carboxylic acids is 1. The van der Waals surface area contributed by atoms with E-state index >= 15 is 0 Å². The van der Waals surface area contributed by atoms with E-state index in [0.717, 1.165) is 27.7 Å². The number of halogens is 1. The van der Waals surface area contributed by atoms with Crippen molar-refractivity contribution in [2.75, 3.05) is 22.3 Å². The average Bonchev–Trinajstić information content (AvgIpc) is 2.73. The molecule has 1 aliphatic rings. The molecule has 0 spiro atoms. The lowest BCUT2D eigenvalue weighted by atomic mass is 10.0. The SMILES string of the molecule is O=C(/C=C/c1ccccc1N1CCC(N(c2ccc(F)cc2)S(=O)(=O)O)CC1)NO. The molecule has 0 atom stereocenters. The Balaban J connectivity index is 1.78. The number of nitrogens with zero attached hydrogens (tertiary/aromatic N) is 2. The van der Waals surface area contributed by atoms with Gasteiger partial charge in [0, 0.05) is 24.9 Å². The molecule has 0 aromatic heterocycles. The Morgan fingerprint density at radius 2 is 1.77 bits per heavy atom. The first kappa shape index (κ1) is 21.8. The highest BCUT2D eigenvalue weighted by Gasteiger charge is 2.32. The standard InChI is InChI=1S/C20H22FN3O5S/c21-16-6-8-17(9-7-16)24(30(27,28)29)18-11-13-23(14-12-18)19-4-2-1-3-15(19)5-10-20(25)22-26/h1-10,18,26H,11-14H2,(H,22,25)(H,27,28,29)/b10-5+. The van der Waals surface area contributed by atoms with E-state index < -0.39 is 28.1 Å². The van der Waals surface area contributed by atoms with Gasteiger partial charge in [0.15, 0.2) is 0 Å². The van der Waals surface area contributed by atoms with E-state index in [1.807, 2.05) is 24.3 Å². The van der Waals surface area contributed by atoms with Crippen molar-refractivity contribution in [3.63, 3.8) is 0 Å². The van der Waals surface area contributed by atoms with Crippen LogP contribution in [0.2, 0.25) is 0 Å². The average molecular weight is 435 g/mol. The molecular weight excluding hydrogens is 413 g/mol. The summed E-state index contributed by atoms with van der Waals surface area (Å²) in [6.45, 7) is 1.02. The van der Waals surface area contributed by atoms with Gasteiger partial charge in [-0.2, -0.15) is 8.42 Å². The third-order valence-corrected chi connectivity index (χ3v) is 5.93. The van der Waals surface area contributed by atoms with E-state index in [9.17, 15) is 22.2 Å². The summed E-state index contributed by atoms with van der Waals surface area (Å²) in [6, 6.07) is 11.8. The second kappa shape index (κ2) is 9.24. The van der Waals surface area contributed by atoms with Gasteiger partial charge < -0.3 is 4.90 Å². The molecule has 0 aliphatic carbocycles. The monoisotopic (exact) mass is 435 g/mol. The normalized spacial score (nSPS) is 15.4. The second-order valence-electron chi connectivity index (χ2n) is 6.84. The number of hydroxylamine groups is 1. The first-order chi connectivity index (χ1) is 14.3. The van der Waals surface area contributed by atoms with Crippen molar-refractivity contribution in [1.82, 2.24) is 5.48 Å². The lowest BCUT2D eigenvalue weighted by Gasteiger charge is -2.39. The Morgan fingerprint density at radius 3 is 2.37 bits per heavy atom. The summed E-state index contributed by atoms with van der Waals surface area (Å²) in [5, 5.41) is 8.63. The summed E-state index contributed by atoms with van der Waals surface area (Å²) >= 11 is 0. The van der Waals surface area contributed by atoms with Crippen LogP contribution in [0.25, 0.3) is 6.08 Å². The zero-order chi connectivity index (χ0) is 21.7. The predicted molar refractivity (Wildman–Crippen MR) is 111 cm³/mol. The minimum Gasteiger partial charge on any atom is -0.371 e. The van der Waals surface area contributed by atoms with Crippen molar-refractivity contribution >= 4 is 33.7 Å². The molecule has 30 heavy (non-hydrogen) atoms. The summed E-state index contributed by atoms with van der Waals surface area (Å²) < 4.78 is 47.9. The fourth-order valence-corrected chi connectivity index (χ4v) is 4.56. The van der Waals surface area contributed by atoms with E-state index in [0.29, 0.717) is 25.9 Å². The number of carbonyl (C=O) groups is 1. The number of hydrogen-bond acceptors (Lipinski definition) is 5. The maximum Gasteiger partial charge on any atom is 0.360 e. The van der Waals surface area contributed by atoms with Crippen molar-refractivity contribution in [2.45, 2.75) is 18.9 Å². The quantitative estimate of drug-likeness (QED) is 0.279. The Labute approximate surface area is 174 Å². The van der Waals surface area contributed by atoms with Crippen LogP contribution in [-0.4, -0.2) is 43.2 Å². The second-order valence-corrected chi connectivity index (χ2v) is 8.13. The van der Waals surface area contributed by atoms with Crippen LogP contribution in [0, 0.1) is 5.82 Å². The fourth-order valence-electron chi connectivity index (χ4n) is 3.58. The Bertz CT molecular complexity index is 1020. The molecule has 1 aliphatic heterocycles. The number of anilines is 2. The largest absolute Gasteiger partial charge is 0.371 e. The van der Waals surface area contributed by atoms with Crippen molar-refractivity contribution in [2.24, 2.45) is 0 Å². The summed E-state index contributed by atoms with van der Waals surface area (Å²) in [5.74, 6) is -1.14. The lowest BCUT2D eigenvalue weighted by Crippen LogP contribution is -2.47. The van der Waals surface area contributed by atoms with Gasteiger partial charge in [-0.25, -0.2) is 14.2 Å². The molecule has 1 saturated heterocycles. The minimum absolute atomic E-state index is 0.204. The highest BCUT2D eigenvalue weighted by atomic mass is 32.2. The summed E-state index contributed by atoms with van der Waals surface area (Å²) in [6.07, 6.45) is 3.66. The van der Waals surface area contributed by atoms with Gasteiger partial charge in [-0.05, 0) is 54.8 Å². The fraction of sp³-hybridized carbons (Fsp3) is 0.250. The number of para-hydroxylation sites is 1. The van der Waals surface area contributed by atoms with Crippen molar-refractivity contribution in [1.29, 1.82) is 0 Å². The van der Waals surface area contributed by atoms with Crippen LogP contribution in [0.15, 0.2) is 54.6 Å². The van der Waals surface area contributed by atoms with E-state index in [4.69, 9.17) is 5.21 Å². The molecule has 10 heteroatoms. The Kier molecular flexibility index (Phi) is 6.70. The lowest BCUT2D eigenvalue weighted by molar-refractivity contribution is -0.124. The zero-order valence-corrected chi connectivity index (χ0v) is 16.8. The van der Waals surface area contributed by atoms with Crippen molar-refractivity contribution in [3.8, 4) is 0 Å². The van der Waals surface area contributed by atoms with E-state index in [2.05, 4.69) is 4.90 Å². The van der Waals surface area contributed by atoms with Gasteiger partial charge in [-0.15, -0.1) is 0 Å². The Morgan fingerprint density at radius 1 is 1.13 bits per heavy atom. The van der Waals surface area contributed by atoms with Crippen LogP contribution in [0.1, 0.15) is 18.4 Å². The van der Waals surface area contributed by atoms with E-state index in [1.54, 1.807) is 6.08 Å². The summed E-state index contributed by atoms with van der Waals surface area (Å²) in [7, 11) is -4.53. The van der Waals surface area contributed by atoms with Gasteiger partial charge in [0.25, 0.3) is 5.91 Å². The minimum atomic E-state index is -4.53. The van der Waals surface area contributed by atoms with Gasteiger partial charge in [0.1, 0.15) is 5.82 Å². The topological polar surface area (TPSA) is 110 Å². The maximum absolute atomic E-state index is 13.2. The van der Waals surface area contributed by atoms with Gasteiger partial charge in [0.05, 0.1) is 11.7 Å². The van der Waals surface area contributed by atoms with Crippen LogP contribution in [0.3, 0.4) is 0 Å². The maximum atomic E-state index is 13.2. The Hall–Kier alpha value is -2.95. The molecule has 1 heterocycles. The highest BCUT2D eigenvalue weighted by molar-refractivity contribution is 7.87. The number of hydrogen-bond donors (Lipinski definition) is 3. The smallest absolute Gasteiger partial charge is 0.360 e. The molecule has 2 aromatic carbocycles. The van der Waals surface area contributed by atoms with Crippen LogP contribution < -0.4 is 14.7 Å². The van der Waals surface area contributed by atoms with Crippen LogP contribution in [0.5, 0.6) is 0 Å². The van der Waals surface area contributed by atoms with Crippen molar-refractivity contribution < 1.29 is 27.4 Å². The first-order valence-electron chi connectivity index (χ1n) is 9.28. The molecule has 1 fully saturated rings. The number of rotatable bonds is 6. The number of amides is 1. The van der Waals surface area contributed by atoms with Gasteiger partial charge in [0.2, 0.25) is 0 Å². The molecule has 8 nitrogen and oxygen atoms in total. The third kappa shape index (κ3) is 5.15. The summed E-state index contributed by atoms with van der Waals surface area (Å²) in [5.41, 5.74) is 3.37. The van der Waals surface area contributed by atoms with Crippen molar-refractivity contribution in [3.05, 3.63) is 66.0 Å². The zero-order valence-electron chi connectivity index (χ0n) is 16.0. The molecule has 3 rings (SSSR count). The van der Waals surface area contributed by atoms with Crippen LogP contribution in [0.4, 0.5) is 15.8 Å². The van der Waals surface area contributed by atoms with Gasteiger partial charge in [-0.1, -0.05) is 18.2 Å². The highest BCUT2D eigenvalue weighted by Crippen LogP contribution is 2.30. The molecule has 160 valence electrons. The third-order valence-electron chi connectivity index (χ3n) is 4.93.